The second-order valence-electron chi connectivity index (χ2n) is 6.30. The SMILES string of the molecule is COCCn1nc2c(c1C(=O)N1CCNC(=O)C1)C[C@H](C)O[C@@H]2C. The molecular formula is C16H24N4O4. The number of carbonyl (C=O) groups excluding carboxylic acids is 2. The molecule has 1 saturated heterocycles. The van der Waals surface area contributed by atoms with E-state index in [-0.39, 0.29) is 30.6 Å². The molecule has 0 saturated carbocycles. The number of rotatable bonds is 4. The van der Waals surface area contributed by atoms with Crippen LogP contribution in [0.3, 0.4) is 0 Å². The maximum atomic E-state index is 13.1. The van der Waals surface area contributed by atoms with E-state index < -0.39 is 0 Å². The fraction of sp³-hybridized carbons (Fsp3) is 0.688. The van der Waals surface area contributed by atoms with Crippen LogP contribution < -0.4 is 5.32 Å². The Bertz CT molecular complexity index is 642. The second kappa shape index (κ2) is 6.90. The third kappa shape index (κ3) is 3.16. The van der Waals surface area contributed by atoms with Crippen molar-refractivity contribution in [1.29, 1.82) is 0 Å². The molecule has 24 heavy (non-hydrogen) atoms. The molecular weight excluding hydrogens is 312 g/mol. The van der Waals surface area contributed by atoms with Crippen molar-refractivity contribution in [2.24, 2.45) is 0 Å². The van der Waals surface area contributed by atoms with Gasteiger partial charge in [0.15, 0.2) is 0 Å². The summed E-state index contributed by atoms with van der Waals surface area (Å²) >= 11 is 0. The zero-order valence-electron chi connectivity index (χ0n) is 14.4. The first-order valence-corrected chi connectivity index (χ1v) is 8.31. The Kier molecular flexibility index (Phi) is 4.86. The van der Waals surface area contributed by atoms with E-state index in [0.717, 1.165) is 11.3 Å². The van der Waals surface area contributed by atoms with Crippen molar-refractivity contribution in [2.75, 3.05) is 33.4 Å². The number of ether oxygens (including phenoxy) is 2. The number of fused-ring (bicyclic) bond motifs is 1. The Morgan fingerprint density at radius 1 is 1.46 bits per heavy atom. The average Bonchev–Trinajstić information content (AvgIpc) is 2.90. The molecule has 1 N–H and O–H groups in total. The highest BCUT2D eigenvalue weighted by Gasteiger charge is 2.34. The first-order chi connectivity index (χ1) is 11.5. The summed E-state index contributed by atoms with van der Waals surface area (Å²) in [5.74, 6) is -0.271. The van der Waals surface area contributed by atoms with E-state index >= 15 is 0 Å². The van der Waals surface area contributed by atoms with Gasteiger partial charge < -0.3 is 19.7 Å². The molecule has 2 aliphatic rings. The Balaban J connectivity index is 1.97. The molecule has 0 aliphatic carbocycles. The van der Waals surface area contributed by atoms with E-state index in [1.165, 1.54) is 0 Å². The molecule has 1 aromatic heterocycles. The smallest absolute Gasteiger partial charge is 0.272 e. The number of methoxy groups -OCH3 is 1. The van der Waals surface area contributed by atoms with Crippen LogP contribution in [-0.2, 0) is 27.2 Å². The molecule has 2 amide bonds. The quantitative estimate of drug-likeness (QED) is 0.844. The topological polar surface area (TPSA) is 85.7 Å². The number of hydrogen-bond donors (Lipinski definition) is 1. The highest BCUT2D eigenvalue weighted by Crippen LogP contribution is 2.32. The van der Waals surface area contributed by atoms with Gasteiger partial charge in [0.1, 0.15) is 5.69 Å². The van der Waals surface area contributed by atoms with E-state index in [9.17, 15) is 9.59 Å². The predicted molar refractivity (Wildman–Crippen MR) is 85.7 cm³/mol. The largest absolute Gasteiger partial charge is 0.383 e. The van der Waals surface area contributed by atoms with Crippen molar-refractivity contribution in [1.82, 2.24) is 20.0 Å². The van der Waals surface area contributed by atoms with Crippen molar-refractivity contribution in [3.05, 3.63) is 17.0 Å². The van der Waals surface area contributed by atoms with Gasteiger partial charge in [0.25, 0.3) is 5.91 Å². The summed E-state index contributed by atoms with van der Waals surface area (Å²) in [6.07, 6.45) is 0.529. The van der Waals surface area contributed by atoms with Crippen molar-refractivity contribution < 1.29 is 19.1 Å². The van der Waals surface area contributed by atoms with Crippen LogP contribution in [0, 0.1) is 0 Å². The Labute approximate surface area is 141 Å². The van der Waals surface area contributed by atoms with E-state index in [1.807, 2.05) is 13.8 Å². The molecule has 3 rings (SSSR count). The molecule has 0 aromatic carbocycles. The maximum absolute atomic E-state index is 13.1. The summed E-state index contributed by atoms with van der Waals surface area (Å²) in [5.41, 5.74) is 2.32. The number of nitrogens with zero attached hydrogens (tertiary/aromatic N) is 3. The molecule has 3 heterocycles. The summed E-state index contributed by atoms with van der Waals surface area (Å²) in [6, 6.07) is 0. The third-order valence-corrected chi connectivity index (χ3v) is 4.43. The van der Waals surface area contributed by atoms with Crippen LogP contribution in [0.5, 0.6) is 0 Å². The van der Waals surface area contributed by atoms with Crippen LogP contribution in [0.15, 0.2) is 0 Å². The molecule has 0 unspecified atom stereocenters. The summed E-state index contributed by atoms with van der Waals surface area (Å²) in [4.78, 5) is 26.3. The van der Waals surface area contributed by atoms with E-state index in [2.05, 4.69) is 10.4 Å². The Hall–Kier alpha value is -1.93. The van der Waals surface area contributed by atoms with Crippen LogP contribution in [0.25, 0.3) is 0 Å². The number of hydrogen-bond acceptors (Lipinski definition) is 5. The minimum absolute atomic E-state index is 0.0313. The molecule has 8 nitrogen and oxygen atoms in total. The maximum Gasteiger partial charge on any atom is 0.272 e. The summed E-state index contributed by atoms with van der Waals surface area (Å²) in [5, 5.41) is 7.34. The highest BCUT2D eigenvalue weighted by molar-refractivity contribution is 5.97. The molecule has 2 atom stereocenters. The summed E-state index contributed by atoms with van der Waals surface area (Å²) < 4.78 is 12.7. The molecule has 1 aromatic rings. The van der Waals surface area contributed by atoms with Gasteiger partial charge in [-0.2, -0.15) is 5.10 Å². The zero-order valence-corrected chi connectivity index (χ0v) is 14.4. The van der Waals surface area contributed by atoms with E-state index in [1.54, 1.807) is 16.7 Å². The molecule has 2 aliphatic heterocycles. The van der Waals surface area contributed by atoms with Crippen LogP contribution in [0.1, 0.15) is 41.7 Å². The zero-order chi connectivity index (χ0) is 17.3. The highest BCUT2D eigenvalue weighted by atomic mass is 16.5. The van der Waals surface area contributed by atoms with E-state index in [0.29, 0.717) is 38.4 Å². The second-order valence-corrected chi connectivity index (χ2v) is 6.30. The number of nitrogens with one attached hydrogen (secondary N) is 1. The monoisotopic (exact) mass is 336 g/mol. The standard InChI is InChI=1S/C16H24N4O4/c1-10-8-12-14(11(2)24-10)18-20(6-7-23-3)15(12)16(22)19-5-4-17-13(21)9-19/h10-11H,4-9H2,1-3H3,(H,17,21)/t10-,11+/m0/s1. The summed E-state index contributed by atoms with van der Waals surface area (Å²) in [6.45, 7) is 5.98. The van der Waals surface area contributed by atoms with E-state index in [4.69, 9.17) is 9.47 Å². The lowest BCUT2D eigenvalue weighted by Gasteiger charge is -2.28. The molecule has 132 valence electrons. The fourth-order valence-electron chi connectivity index (χ4n) is 3.33. The molecule has 0 bridgehead atoms. The lowest BCUT2D eigenvalue weighted by atomic mass is 9.99. The van der Waals surface area contributed by atoms with Crippen LogP contribution in [-0.4, -0.2) is 65.9 Å². The normalized spacial score (nSPS) is 23.8. The lowest BCUT2D eigenvalue weighted by Crippen LogP contribution is -2.50. The molecule has 0 spiro atoms. The Morgan fingerprint density at radius 3 is 2.96 bits per heavy atom. The average molecular weight is 336 g/mol. The first-order valence-electron chi connectivity index (χ1n) is 8.31. The van der Waals surface area contributed by atoms with Gasteiger partial charge in [0.2, 0.25) is 5.91 Å². The Morgan fingerprint density at radius 2 is 2.25 bits per heavy atom. The van der Waals surface area contributed by atoms with Crippen molar-refractivity contribution >= 4 is 11.8 Å². The number of amides is 2. The number of carbonyl (C=O) groups is 2. The van der Waals surface area contributed by atoms with Crippen molar-refractivity contribution in [2.45, 2.75) is 39.0 Å². The first kappa shape index (κ1) is 16.9. The fourth-order valence-corrected chi connectivity index (χ4v) is 3.33. The molecule has 0 radical (unpaired) electrons. The van der Waals surface area contributed by atoms with Crippen LogP contribution in [0.4, 0.5) is 0 Å². The van der Waals surface area contributed by atoms with Gasteiger partial charge in [0.05, 0.1) is 37.6 Å². The van der Waals surface area contributed by atoms with Gasteiger partial charge in [-0.15, -0.1) is 0 Å². The van der Waals surface area contributed by atoms with Gasteiger partial charge in [-0.05, 0) is 13.8 Å². The van der Waals surface area contributed by atoms with Crippen LogP contribution >= 0.6 is 0 Å². The summed E-state index contributed by atoms with van der Waals surface area (Å²) in [7, 11) is 1.62. The van der Waals surface area contributed by atoms with Gasteiger partial charge in [-0.1, -0.05) is 0 Å². The van der Waals surface area contributed by atoms with Crippen molar-refractivity contribution in [3.63, 3.8) is 0 Å². The third-order valence-electron chi connectivity index (χ3n) is 4.43. The van der Waals surface area contributed by atoms with Crippen LogP contribution in [0.2, 0.25) is 0 Å². The minimum atomic E-state index is -0.149. The number of piperazine rings is 1. The van der Waals surface area contributed by atoms with Gasteiger partial charge in [-0.3, -0.25) is 14.3 Å². The number of aromatic nitrogens is 2. The lowest BCUT2D eigenvalue weighted by molar-refractivity contribution is -0.123. The predicted octanol–water partition coefficient (Wildman–Crippen LogP) is 0.124. The molecule has 1 fully saturated rings. The van der Waals surface area contributed by atoms with Gasteiger partial charge in [-0.25, -0.2) is 0 Å². The van der Waals surface area contributed by atoms with Gasteiger partial charge in [0, 0.05) is 32.2 Å². The van der Waals surface area contributed by atoms with Gasteiger partial charge >= 0.3 is 0 Å². The minimum Gasteiger partial charge on any atom is -0.383 e. The van der Waals surface area contributed by atoms with Crippen molar-refractivity contribution in [3.8, 4) is 0 Å². The molecule has 8 heteroatoms.